The van der Waals surface area contributed by atoms with Crippen LogP contribution in [-0.2, 0) is 36.1 Å². The molecule has 0 atom stereocenters. The minimum atomic E-state index is 0. The summed E-state index contributed by atoms with van der Waals surface area (Å²) in [5.41, 5.74) is 16.8. The molecule has 3 heteroatoms. The molecule has 0 unspecified atom stereocenters. The molecule has 222 valence electrons. The molecule has 0 radical (unpaired) electrons. The van der Waals surface area contributed by atoms with Gasteiger partial charge in [-0.15, -0.1) is 11.1 Å². The van der Waals surface area contributed by atoms with Gasteiger partial charge in [-0.3, -0.25) is 0 Å². The summed E-state index contributed by atoms with van der Waals surface area (Å²) in [6.45, 7) is 17.6. The molecule has 0 spiro atoms. The van der Waals surface area contributed by atoms with Crippen molar-refractivity contribution in [2.45, 2.75) is 67.2 Å². The fourth-order valence-corrected chi connectivity index (χ4v) is 5.87. The van der Waals surface area contributed by atoms with E-state index in [0.717, 1.165) is 6.42 Å². The van der Waals surface area contributed by atoms with Crippen LogP contribution in [0.5, 0.6) is 0 Å². The summed E-state index contributed by atoms with van der Waals surface area (Å²) in [5.74, 6) is 0. The summed E-state index contributed by atoms with van der Waals surface area (Å²) in [6.07, 6.45) is 1.05. The first-order chi connectivity index (χ1) is 19.4. The van der Waals surface area contributed by atoms with Gasteiger partial charge >= 0.3 is 99.2 Å². The van der Waals surface area contributed by atoms with Crippen molar-refractivity contribution in [2.75, 3.05) is 0 Å². The van der Waals surface area contributed by atoms with Gasteiger partial charge in [0, 0.05) is 0 Å². The molecule has 0 saturated carbocycles. The number of benzene rings is 4. The molecule has 43 heavy (non-hydrogen) atoms. The van der Waals surface area contributed by atoms with Gasteiger partial charge in [-0.1, -0.05) is 64.7 Å². The maximum absolute atomic E-state index is 3.54. The van der Waals surface area contributed by atoms with E-state index in [1.54, 1.807) is 0 Å². The summed E-state index contributed by atoms with van der Waals surface area (Å²) >= 11 is 1.46. The van der Waals surface area contributed by atoms with Crippen LogP contribution in [0.1, 0.15) is 76.4 Å². The number of halogens is 2. The van der Waals surface area contributed by atoms with Crippen LogP contribution < -0.4 is 24.8 Å². The summed E-state index contributed by atoms with van der Waals surface area (Å²) in [5, 5.41) is 0. The molecule has 6 rings (SSSR count). The van der Waals surface area contributed by atoms with Crippen LogP contribution in [0, 0.1) is 40.7 Å². The Labute approximate surface area is 287 Å². The quantitative estimate of drug-likeness (QED) is 0.241. The van der Waals surface area contributed by atoms with E-state index >= 15 is 0 Å². The minimum absolute atomic E-state index is 0. The van der Waals surface area contributed by atoms with E-state index in [1.165, 1.54) is 94.2 Å². The van der Waals surface area contributed by atoms with Crippen LogP contribution in [0.15, 0.2) is 97.1 Å². The fourth-order valence-electron chi connectivity index (χ4n) is 5.05. The number of hydrogen-bond donors (Lipinski definition) is 0. The van der Waals surface area contributed by atoms with Crippen molar-refractivity contribution in [3.8, 4) is 11.1 Å². The molecule has 0 bridgehead atoms. The van der Waals surface area contributed by atoms with E-state index < -0.39 is 0 Å². The number of aryl methyl sites for hydroxylation is 5. The van der Waals surface area contributed by atoms with Crippen LogP contribution in [0.4, 0.5) is 0 Å². The number of fused-ring (bicyclic) bond motifs is 3. The molecule has 0 amide bonds. The zero-order chi connectivity index (χ0) is 29.7. The van der Waals surface area contributed by atoms with Gasteiger partial charge in [0.15, 0.2) is 0 Å². The summed E-state index contributed by atoms with van der Waals surface area (Å²) < 4.78 is 1.42. The van der Waals surface area contributed by atoms with Crippen LogP contribution >= 0.6 is 0 Å². The Morgan fingerprint density at radius 1 is 0.698 bits per heavy atom. The maximum atomic E-state index is 3.54. The summed E-state index contributed by atoms with van der Waals surface area (Å²) in [7, 11) is 0. The first-order valence-corrected chi connectivity index (χ1v) is 15.7. The Morgan fingerprint density at radius 3 is 1.67 bits per heavy atom. The van der Waals surface area contributed by atoms with Gasteiger partial charge in [-0.05, 0) is 37.0 Å². The van der Waals surface area contributed by atoms with Crippen LogP contribution in [0.3, 0.4) is 0 Å². The van der Waals surface area contributed by atoms with E-state index in [-0.39, 0.29) is 24.8 Å². The Bertz CT molecular complexity index is 1540. The molecule has 0 saturated heterocycles. The number of hydrogen-bond acceptors (Lipinski definition) is 0. The molecule has 0 fully saturated rings. The van der Waals surface area contributed by atoms with Gasteiger partial charge in [0.05, 0.1) is 0 Å². The molecule has 1 aliphatic carbocycles. The molecular formula is C40H42Cl2Zr-2. The second-order valence-electron chi connectivity index (χ2n) is 12.3. The third kappa shape index (κ3) is 9.52. The first-order valence-electron chi connectivity index (χ1n) is 14.5. The SMILES string of the molecule is Cc1[c-]c2c(cc1C)-c1cc(C)c(C)cc1C2.Cc1cc(C(C)(C)C)c[cH-]1.[Cl-].[Cl-].[Zr+2]=[C](c1ccccc1)c1ccccc1. The zero-order valence-corrected chi connectivity index (χ0v) is 30.7. The van der Waals surface area contributed by atoms with E-state index in [0.29, 0.717) is 5.41 Å². The van der Waals surface area contributed by atoms with Crippen LogP contribution in [0.2, 0.25) is 0 Å². The van der Waals surface area contributed by atoms with E-state index in [9.17, 15) is 0 Å². The molecule has 5 aromatic rings. The average Bonchev–Trinajstić information content (AvgIpc) is 3.54. The van der Waals surface area contributed by atoms with Crippen molar-refractivity contribution in [1.82, 2.24) is 0 Å². The third-order valence-electron chi connectivity index (χ3n) is 7.89. The van der Waals surface area contributed by atoms with E-state index in [1.807, 2.05) is 0 Å². The molecule has 0 N–H and O–H groups in total. The second-order valence-corrected chi connectivity index (χ2v) is 13.5. The molecular weight excluding hydrogens is 643 g/mol. The zero-order valence-electron chi connectivity index (χ0n) is 26.7. The Balaban J connectivity index is 0.000000227. The van der Waals surface area contributed by atoms with Crippen LogP contribution in [-0.4, -0.2) is 3.21 Å². The molecule has 0 aliphatic heterocycles. The van der Waals surface area contributed by atoms with Gasteiger partial charge in [0.1, 0.15) is 0 Å². The van der Waals surface area contributed by atoms with Crippen molar-refractivity contribution < 1.29 is 49.0 Å². The van der Waals surface area contributed by atoms with Gasteiger partial charge in [0.25, 0.3) is 0 Å². The molecule has 1 aliphatic rings. The van der Waals surface area contributed by atoms with Gasteiger partial charge in [-0.2, -0.15) is 46.5 Å². The monoisotopic (exact) mass is 682 g/mol. The van der Waals surface area contributed by atoms with Crippen molar-refractivity contribution in [3.63, 3.8) is 0 Å². The van der Waals surface area contributed by atoms with Gasteiger partial charge in [-0.25, -0.2) is 6.07 Å². The van der Waals surface area contributed by atoms with Crippen molar-refractivity contribution in [3.05, 3.63) is 159 Å². The first kappa shape index (κ1) is 36.8. The molecule has 0 nitrogen and oxygen atoms in total. The van der Waals surface area contributed by atoms with Gasteiger partial charge in [0.2, 0.25) is 0 Å². The third-order valence-corrected chi connectivity index (χ3v) is 9.31. The molecule has 0 heterocycles. The fraction of sp³-hybridized carbons (Fsp3) is 0.250. The molecule has 0 aromatic heterocycles. The van der Waals surface area contributed by atoms with Crippen LogP contribution in [0.25, 0.3) is 11.1 Å². The van der Waals surface area contributed by atoms with Gasteiger partial charge < -0.3 is 24.8 Å². The van der Waals surface area contributed by atoms with E-state index in [2.05, 4.69) is 159 Å². The van der Waals surface area contributed by atoms with Crippen molar-refractivity contribution in [1.29, 1.82) is 0 Å². The molecule has 5 aromatic carbocycles. The normalized spacial score (nSPS) is 10.9. The summed E-state index contributed by atoms with van der Waals surface area (Å²) in [4.78, 5) is 0. The Kier molecular flexibility index (Phi) is 13.7. The Hall–Kier alpha value is -2.44. The topological polar surface area (TPSA) is 0 Å². The number of rotatable bonds is 2. The Morgan fingerprint density at radius 2 is 1.21 bits per heavy atom. The average molecular weight is 685 g/mol. The second kappa shape index (κ2) is 16.0. The van der Waals surface area contributed by atoms with Crippen molar-refractivity contribution in [2.24, 2.45) is 0 Å². The van der Waals surface area contributed by atoms with E-state index in [4.69, 9.17) is 0 Å². The van der Waals surface area contributed by atoms with Crippen molar-refractivity contribution >= 4 is 3.21 Å². The summed E-state index contributed by atoms with van der Waals surface area (Å²) in [6, 6.07) is 38.3. The predicted molar refractivity (Wildman–Crippen MR) is 174 cm³/mol. The standard InChI is InChI=1S/C17H17.C13H10.C10H15.2ClH.Zr/c1-10-5-14-9-15-6-11(2)13(4)8-17(15)16(14)7-12(10)3;1-3-7-12(8-4-1)11-13-9-5-2-6-10-13;1-8-5-6-9(7-8)10(2,3)4;;;/h5,7-8H,9H2,1-4H3;1-10H;5-7H,1-4H3;2*1H;/q-1;;-1;;;+2/p-2. The predicted octanol–water partition coefficient (Wildman–Crippen LogP) is 4.11.